The van der Waals surface area contributed by atoms with Crippen LogP contribution >= 0.6 is 0 Å². The van der Waals surface area contributed by atoms with Crippen molar-refractivity contribution in [1.82, 2.24) is 14.8 Å². The lowest BCUT2D eigenvalue weighted by Crippen LogP contribution is -2.21. The Morgan fingerprint density at radius 1 is 1.29 bits per heavy atom. The van der Waals surface area contributed by atoms with Crippen molar-refractivity contribution in [3.8, 4) is 11.4 Å². The molecule has 2 rings (SSSR count). The first-order chi connectivity index (χ1) is 7.96. The monoisotopic (exact) mass is 253 g/mol. The lowest BCUT2D eigenvalue weighted by atomic mass is 10.2. The molecule has 0 amide bonds. The molecule has 0 aliphatic rings. The van der Waals surface area contributed by atoms with Gasteiger partial charge in [-0.3, -0.25) is 4.72 Å². The first kappa shape index (κ1) is 11.6. The molecule has 17 heavy (non-hydrogen) atoms. The topological polar surface area (TPSA) is 103 Å². The molecule has 8 heteroatoms. The van der Waals surface area contributed by atoms with Gasteiger partial charge in [-0.1, -0.05) is 0 Å². The molecule has 7 nitrogen and oxygen atoms in total. The Hall–Kier alpha value is -1.93. The van der Waals surface area contributed by atoms with Gasteiger partial charge in [-0.05, 0) is 24.3 Å². The van der Waals surface area contributed by atoms with Crippen molar-refractivity contribution in [2.75, 3.05) is 4.72 Å². The van der Waals surface area contributed by atoms with Crippen LogP contribution in [0.25, 0.3) is 11.4 Å². The van der Waals surface area contributed by atoms with Crippen molar-refractivity contribution in [1.29, 1.82) is 0 Å². The summed E-state index contributed by atoms with van der Waals surface area (Å²) in [5.41, 5.74) is 1.24. The van der Waals surface area contributed by atoms with E-state index in [1.165, 1.54) is 0 Å². The summed E-state index contributed by atoms with van der Waals surface area (Å²) in [5, 5.41) is 12.6. The normalized spacial score (nSPS) is 11.4. The molecule has 0 bridgehead atoms. The summed E-state index contributed by atoms with van der Waals surface area (Å²) in [7, 11) is -1.91. The van der Waals surface area contributed by atoms with Gasteiger partial charge in [0.1, 0.15) is 6.33 Å². The lowest BCUT2D eigenvalue weighted by Gasteiger charge is -2.04. The van der Waals surface area contributed by atoms with Gasteiger partial charge in [-0.15, -0.1) is 10.2 Å². The van der Waals surface area contributed by atoms with Crippen LogP contribution in [0.5, 0.6) is 0 Å². The number of aryl methyl sites for hydroxylation is 1. The predicted molar refractivity (Wildman–Crippen MR) is 63.2 cm³/mol. The van der Waals surface area contributed by atoms with Crippen LogP contribution in [0.1, 0.15) is 0 Å². The molecular weight excluding hydrogens is 242 g/mol. The van der Waals surface area contributed by atoms with Crippen LogP contribution in [-0.2, 0) is 17.3 Å². The highest BCUT2D eigenvalue weighted by molar-refractivity contribution is 7.90. The minimum Gasteiger partial charge on any atom is -0.317 e. The van der Waals surface area contributed by atoms with E-state index in [0.717, 1.165) is 5.56 Å². The average molecular weight is 253 g/mol. The summed E-state index contributed by atoms with van der Waals surface area (Å²) in [5.74, 6) is 0.701. The molecular formula is C9H11N5O2S. The highest BCUT2D eigenvalue weighted by Gasteiger charge is 2.05. The summed E-state index contributed by atoms with van der Waals surface area (Å²) in [6.07, 6.45) is 1.59. The second kappa shape index (κ2) is 4.15. The fourth-order valence-electron chi connectivity index (χ4n) is 1.40. The van der Waals surface area contributed by atoms with E-state index in [0.29, 0.717) is 11.5 Å². The number of rotatable bonds is 3. The minimum atomic E-state index is -3.74. The van der Waals surface area contributed by atoms with Crippen molar-refractivity contribution in [3.05, 3.63) is 30.6 Å². The Balaban J connectivity index is 2.28. The van der Waals surface area contributed by atoms with E-state index in [4.69, 9.17) is 5.14 Å². The molecule has 0 radical (unpaired) electrons. The molecule has 1 aromatic heterocycles. The van der Waals surface area contributed by atoms with E-state index in [9.17, 15) is 8.42 Å². The third-order valence-electron chi connectivity index (χ3n) is 2.11. The largest absolute Gasteiger partial charge is 0.317 e. The number of benzene rings is 1. The maximum absolute atomic E-state index is 10.8. The molecule has 3 N–H and O–H groups in total. The van der Waals surface area contributed by atoms with Crippen LogP contribution in [0.2, 0.25) is 0 Å². The van der Waals surface area contributed by atoms with Crippen LogP contribution in [0, 0.1) is 0 Å². The number of hydrogen-bond donors (Lipinski definition) is 2. The second-order valence-corrected chi connectivity index (χ2v) is 4.78. The molecule has 0 spiro atoms. The van der Waals surface area contributed by atoms with Gasteiger partial charge in [-0.2, -0.15) is 8.42 Å². The van der Waals surface area contributed by atoms with Gasteiger partial charge in [0, 0.05) is 18.3 Å². The predicted octanol–water partition coefficient (Wildman–Crippen LogP) is 0.0975. The third-order valence-corrected chi connectivity index (χ3v) is 2.63. The molecule has 0 aliphatic heterocycles. The first-order valence-electron chi connectivity index (χ1n) is 4.71. The molecule has 0 unspecified atom stereocenters. The zero-order valence-electron chi connectivity index (χ0n) is 9.03. The van der Waals surface area contributed by atoms with Crippen LogP contribution < -0.4 is 9.86 Å². The number of nitrogens with zero attached hydrogens (tertiary/aromatic N) is 3. The molecule has 1 heterocycles. The number of nitrogens with one attached hydrogen (secondary N) is 1. The highest BCUT2D eigenvalue weighted by atomic mass is 32.2. The van der Waals surface area contributed by atoms with Gasteiger partial charge in [0.2, 0.25) is 0 Å². The van der Waals surface area contributed by atoms with Crippen LogP contribution in [0.4, 0.5) is 5.69 Å². The van der Waals surface area contributed by atoms with E-state index < -0.39 is 10.2 Å². The van der Waals surface area contributed by atoms with Crippen molar-refractivity contribution in [2.45, 2.75) is 0 Å². The fourth-order valence-corrected chi connectivity index (χ4v) is 1.86. The van der Waals surface area contributed by atoms with E-state index in [-0.39, 0.29) is 0 Å². The Kier molecular flexibility index (Phi) is 2.82. The first-order valence-corrected chi connectivity index (χ1v) is 6.25. The fraction of sp³-hybridized carbons (Fsp3) is 0.111. The van der Waals surface area contributed by atoms with Crippen LogP contribution in [0.15, 0.2) is 30.6 Å². The Bertz CT molecular complexity index is 617. The van der Waals surface area contributed by atoms with Crippen molar-refractivity contribution in [3.63, 3.8) is 0 Å². The Morgan fingerprint density at radius 3 is 2.41 bits per heavy atom. The van der Waals surface area contributed by atoms with Gasteiger partial charge >= 0.3 is 0 Å². The quantitative estimate of drug-likeness (QED) is 0.809. The molecule has 0 aliphatic carbocycles. The molecule has 0 atom stereocenters. The average Bonchev–Trinajstić information content (AvgIpc) is 2.63. The lowest BCUT2D eigenvalue weighted by molar-refractivity contribution is 0.603. The van der Waals surface area contributed by atoms with Crippen molar-refractivity contribution >= 4 is 15.9 Å². The van der Waals surface area contributed by atoms with Crippen LogP contribution in [-0.4, -0.2) is 23.2 Å². The number of nitrogens with two attached hydrogens (primary N) is 1. The molecule has 0 fully saturated rings. The minimum absolute atomic E-state index is 0.401. The van der Waals surface area contributed by atoms with Crippen LogP contribution in [0.3, 0.4) is 0 Å². The third kappa shape index (κ3) is 2.80. The summed E-state index contributed by atoms with van der Waals surface area (Å²) < 4.78 is 25.6. The van der Waals surface area contributed by atoms with E-state index >= 15 is 0 Å². The molecule has 2 aromatic rings. The van der Waals surface area contributed by atoms with Gasteiger partial charge in [0.25, 0.3) is 10.2 Å². The SMILES string of the molecule is Cn1cnnc1-c1ccc(NS(N)(=O)=O)cc1. The summed E-state index contributed by atoms with van der Waals surface area (Å²) >= 11 is 0. The number of aromatic nitrogens is 3. The Morgan fingerprint density at radius 2 is 1.94 bits per heavy atom. The van der Waals surface area contributed by atoms with Gasteiger partial charge < -0.3 is 4.57 Å². The summed E-state index contributed by atoms with van der Waals surface area (Å²) in [6, 6.07) is 6.68. The van der Waals surface area contributed by atoms with Crippen molar-refractivity contribution in [2.24, 2.45) is 12.2 Å². The van der Waals surface area contributed by atoms with E-state index in [1.807, 2.05) is 7.05 Å². The second-order valence-electron chi connectivity index (χ2n) is 3.49. The summed E-state index contributed by atoms with van der Waals surface area (Å²) in [6.45, 7) is 0. The van der Waals surface area contributed by atoms with Gasteiger partial charge in [0.05, 0.1) is 0 Å². The Labute approximate surface area is 98.5 Å². The zero-order valence-corrected chi connectivity index (χ0v) is 9.85. The number of hydrogen-bond acceptors (Lipinski definition) is 4. The van der Waals surface area contributed by atoms with Crippen molar-refractivity contribution < 1.29 is 8.42 Å². The number of anilines is 1. The van der Waals surface area contributed by atoms with Gasteiger partial charge in [-0.25, -0.2) is 5.14 Å². The molecule has 90 valence electrons. The van der Waals surface area contributed by atoms with E-state index in [2.05, 4.69) is 14.9 Å². The smallest absolute Gasteiger partial charge is 0.296 e. The zero-order chi connectivity index (χ0) is 12.5. The summed E-state index contributed by atoms with van der Waals surface area (Å²) in [4.78, 5) is 0. The standard InChI is InChI=1S/C9H11N5O2S/c1-14-6-11-12-9(14)7-2-4-8(5-3-7)13-17(10,15)16/h2-6,13H,1H3,(H2,10,15,16). The molecule has 0 saturated heterocycles. The molecule has 1 aromatic carbocycles. The van der Waals surface area contributed by atoms with E-state index in [1.54, 1.807) is 35.2 Å². The van der Waals surface area contributed by atoms with Gasteiger partial charge in [0.15, 0.2) is 5.82 Å². The highest BCUT2D eigenvalue weighted by Crippen LogP contribution is 2.18. The maximum Gasteiger partial charge on any atom is 0.296 e. The molecule has 0 saturated carbocycles. The maximum atomic E-state index is 10.8.